The third kappa shape index (κ3) is 3.77. The topological polar surface area (TPSA) is 64.2 Å². The van der Waals surface area contributed by atoms with Crippen LogP contribution < -0.4 is 0 Å². The summed E-state index contributed by atoms with van der Waals surface area (Å²) in [7, 11) is 2.03. The van der Waals surface area contributed by atoms with Crippen LogP contribution in [0.2, 0.25) is 0 Å². The summed E-state index contributed by atoms with van der Waals surface area (Å²) in [5, 5.41) is 9.29. The van der Waals surface area contributed by atoms with Gasteiger partial charge in [0.25, 0.3) is 0 Å². The van der Waals surface area contributed by atoms with Crippen LogP contribution in [0.1, 0.15) is 24.3 Å². The van der Waals surface area contributed by atoms with Crippen molar-refractivity contribution in [2.75, 3.05) is 13.1 Å². The fourth-order valence-corrected chi connectivity index (χ4v) is 5.03. The molecule has 0 bridgehead atoms. The van der Waals surface area contributed by atoms with Gasteiger partial charge in [-0.15, -0.1) is 0 Å². The van der Waals surface area contributed by atoms with Gasteiger partial charge in [-0.05, 0) is 41.8 Å². The molecule has 0 spiro atoms. The van der Waals surface area contributed by atoms with Gasteiger partial charge in [-0.2, -0.15) is 16.3 Å². The molecule has 1 aromatic carbocycles. The SMILES string of the molecule is Cn1cc(CC(=O)N2CCC[C@H](Cc3nc(-c4ccsc4)no3)C2)c2ccccc21. The van der Waals surface area contributed by atoms with Crippen molar-refractivity contribution in [2.45, 2.75) is 25.7 Å². The van der Waals surface area contributed by atoms with Crippen molar-refractivity contribution >= 4 is 28.1 Å². The predicted molar refractivity (Wildman–Crippen MR) is 117 cm³/mol. The third-order valence-electron chi connectivity index (χ3n) is 5.90. The standard InChI is InChI=1S/C23H24N4O2S/c1-26-14-18(19-6-2-3-7-20(19)26)12-22(28)27-9-4-5-16(13-27)11-21-24-23(25-29-21)17-8-10-30-15-17/h2-3,6-8,10,14-16H,4-5,9,11-13H2,1H3/t16-/m1/s1. The Morgan fingerprint density at radius 2 is 2.20 bits per heavy atom. The summed E-state index contributed by atoms with van der Waals surface area (Å²) in [6.07, 6.45) is 5.33. The lowest BCUT2D eigenvalue weighted by Crippen LogP contribution is -2.41. The van der Waals surface area contributed by atoms with Crippen LogP contribution in [0.5, 0.6) is 0 Å². The lowest BCUT2D eigenvalue weighted by molar-refractivity contribution is -0.132. The molecule has 30 heavy (non-hydrogen) atoms. The number of hydrogen-bond acceptors (Lipinski definition) is 5. The largest absolute Gasteiger partial charge is 0.350 e. The summed E-state index contributed by atoms with van der Waals surface area (Å²) >= 11 is 1.62. The third-order valence-corrected chi connectivity index (χ3v) is 6.59. The number of piperidine rings is 1. The first-order valence-electron chi connectivity index (χ1n) is 10.3. The Labute approximate surface area is 179 Å². The molecule has 7 heteroatoms. The zero-order valence-electron chi connectivity index (χ0n) is 17.0. The average molecular weight is 421 g/mol. The Balaban J connectivity index is 1.24. The number of aryl methyl sites for hydroxylation is 1. The second-order valence-corrected chi connectivity index (χ2v) is 8.82. The summed E-state index contributed by atoms with van der Waals surface area (Å²) in [6, 6.07) is 10.2. The lowest BCUT2D eigenvalue weighted by Gasteiger charge is -2.32. The van der Waals surface area contributed by atoms with Crippen molar-refractivity contribution in [3.05, 3.63) is 58.7 Å². The molecule has 1 saturated heterocycles. The van der Waals surface area contributed by atoms with Crippen molar-refractivity contribution in [3.63, 3.8) is 0 Å². The van der Waals surface area contributed by atoms with Gasteiger partial charge in [0.2, 0.25) is 17.6 Å². The number of fused-ring (bicyclic) bond motifs is 1. The quantitative estimate of drug-likeness (QED) is 0.483. The molecule has 0 aliphatic carbocycles. The minimum atomic E-state index is 0.195. The van der Waals surface area contributed by atoms with Gasteiger partial charge in [0, 0.05) is 54.6 Å². The predicted octanol–water partition coefficient (Wildman–Crippen LogP) is 4.31. The van der Waals surface area contributed by atoms with Gasteiger partial charge in [0.05, 0.1) is 6.42 Å². The molecule has 4 aromatic rings. The molecule has 0 N–H and O–H groups in total. The second-order valence-electron chi connectivity index (χ2n) is 8.04. The molecule has 5 rings (SSSR count). The first kappa shape index (κ1) is 19.1. The molecule has 1 atom stereocenters. The smallest absolute Gasteiger partial charge is 0.227 e. The van der Waals surface area contributed by atoms with E-state index in [1.807, 2.05) is 40.9 Å². The summed E-state index contributed by atoms with van der Waals surface area (Å²) in [6.45, 7) is 1.57. The molecule has 0 saturated carbocycles. The first-order valence-corrected chi connectivity index (χ1v) is 11.3. The van der Waals surface area contributed by atoms with Crippen molar-refractivity contribution < 1.29 is 9.32 Å². The van der Waals surface area contributed by atoms with Crippen molar-refractivity contribution in [2.24, 2.45) is 13.0 Å². The van der Waals surface area contributed by atoms with Gasteiger partial charge in [-0.3, -0.25) is 4.79 Å². The highest BCUT2D eigenvalue weighted by Gasteiger charge is 2.26. The molecule has 6 nitrogen and oxygen atoms in total. The molecule has 154 valence electrons. The van der Waals surface area contributed by atoms with E-state index in [1.165, 1.54) is 0 Å². The van der Waals surface area contributed by atoms with Crippen LogP contribution in [0.3, 0.4) is 0 Å². The minimum Gasteiger partial charge on any atom is -0.350 e. The molecular weight excluding hydrogens is 396 g/mol. The highest BCUT2D eigenvalue weighted by atomic mass is 32.1. The molecule has 4 heterocycles. The fourth-order valence-electron chi connectivity index (χ4n) is 4.39. The number of hydrogen-bond donors (Lipinski definition) is 0. The van der Waals surface area contributed by atoms with Crippen molar-refractivity contribution in [3.8, 4) is 11.4 Å². The van der Waals surface area contributed by atoms with Gasteiger partial charge in [-0.1, -0.05) is 23.4 Å². The average Bonchev–Trinajstić information content (AvgIpc) is 3.50. The van der Waals surface area contributed by atoms with Crippen LogP contribution in [-0.4, -0.2) is 38.6 Å². The molecule has 1 fully saturated rings. The Morgan fingerprint density at radius 1 is 1.30 bits per heavy atom. The number of carbonyl (C=O) groups is 1. The molecule has 0 radical (unpaired) electrons. The number of amides is 1. The molecule has 0 unspecified atom stereocenters. The van der Waals surface area contributed by atoms with Crippen LogP contribution in [0.15, 0.2) is 51.8 Å². The summed E-state index contributed by atoms with van der Waals surface area (Å²) in [5.74, 6) is 1.85. The van der Waals surface area contributed by atoms with E-state index in [4.69, 9.17) is 4.52 Å². The highest BCUT2D eigenvalue weighted by Crippen LogP contribution is 2.25. The molecular formula is C23H24N4O2S. The number of carbonyl (C=O) groups excluding carboxylic acids is 1. The maximum absolute atomic E-state index is 13.0. The van der Waals surface area contributed by atoms with Crippen LogP contribution >= 0.6 is 11.3 Å². The molecule has 3 aromatic heterocycles. The normalized spacial score (nSPS) is 17.0. The zero-order chi connectivity index (χ0) is 20.5. The monoisotopic (exact) mass is 420 g/mol. The highest BCUT2D eigenvalue weighted by molar-refractivity contribution is 7.08. The van der Waals surface area contributed by atoms with Crippen LogP contribution in [0, 0.1) is 5.92 Å². The van der Waals surface area contributed by atoms with E-state index >= 15 is 0 Å². The van der Waals surface area contributed by atoms with Gasteiger partial charge < -0.3 is 14.0 Å². The second kappa shape index (κ2) is 8.07. The maximum atomic E-state index is 13.0. The number of aromatic nitrogens is 3. The summed E-state index contributed by atoms with van der Waals surface area (Å²) in [4.78, 5) is 19.6. The number of rotatable bonds is 5. The maximum Gasteiger partial charge on any atom is 0.227 e. The number of nitrogens with zero attached hydrogens (tertiary/aromatic N) is 4. The minimum absolute atomic E-state index is 0.195. The summed E-state index contributed by atoms with van der Waals surface area (Å²) < 4.78 is 7.57. The van der Waals surface area contributed by atoms with Gasteiger partial charge >= 0.3 is 0 Å². The van der Waals surface area contributed by atoms with E-state index in [-0.39, 0.29) is 5.91 Å². The van der Waals surface area contributed by atoms with E-state index in [9.17, 15) is 4.79 Å². The Morgan fingerprint density at radius 3 is 3.07 bits per heavy atom. The number of likely N-dealkylation sites (tertiary alicyclic amines) is 1. The van der Waals surface area contributed by atoms with E-state index in [2.05, 4.69) is 33.0 Å². The molecule has 1 aliphatic rings. The van der Waals surface area contributed by atoms with Crippen LogP contribution in [0.25, 0.3) is 22.3 Å². The molecule has 1 amide bonds. The summed E-state index contributed by atoms with van der Waals surface area (Å²) in [5.41, 5.74) is 3.25. The van der Waals surface area contributed by atoms with Crippen LogP contribution in [-0.2, 0) is 24.7 Å². The van der Waals surface area contributed by atoms with Gasteiger partial charge in [0.1, 0.15) is 0 Å². The van der Waals surface area contributed by atoms with E-state index in [0.29, 0.717) is 24.1 Å². The van der Waals surface area contributed by atoms with Crippen LogP contribution in [0.4, 0.5) is 0 Å². The Hall–Kier alpha value is -2.93. The van der Waals surface area contributed by atoms with E-state index in [0.717, 1.165) is 54.4 Å². The lowest BCUT2D eigenvalue weighted by atomic mass is 9.94. The molecule has 1 aliphatic heterocycles. The number of benzene rings is 1. The van der Waals surface area contributed by atoms with Crippen molar-refractivity contribution in [1.29, 1.82) is 0 Å². The number of thiophene rings is 1. The van der Waals surface area contributed by atoms with Gasteiger partial charge in [-0.25, -0.2) is 0 Å². The first-order chi connectivity index (χ1) is 14.7. The van der Waals surface area contributed by atoms with Gasteiger partial charge in [0.15, 0.2) is 0 Å². The number of para-hydroxylation sites is 1. The van der Waals surface area contributed by atoms with E-state index in [1.54, 1.807) is 11.3 Å². The van der Waals surface area contributed by atoms with Crippen molar-refractivity contribution in [1.82, 2.24) is 19.6 Å². The Kier molecular flexibility index (Phi) is 5.12. The van der Waals surface area contributed by atoms with E-state index < -0.39 is 0 Å². The zero-order valence-corrected chi connectivity index (χ0v) is 17.8. The Bertz CT molecular complexity index is 1160. The fraction of sp³-hybridized carbons (Fsp3) is 0.348.